The van der Waals surface area contributed by atoms with Crippen LogP contribution in [0.5, 0.6) is 17.2 Å². The third-order valence-corrected chi connectivity index (χ3v) is 15.9. The Bertz CT molecular complexity index is 4760. The number of thiol groups is 1. The molecule has 0 fully saturated rings. The summed E-state index contributed by atoms with van der Waals surface area (Å²) < 4.78 is 46.8. The fraction of sp³-hybridized carbons (Fsp3) is 0.277. The van der Waals surface area contributed by atoms with Crippen LogP contribution in [0, 0.1) is 34.6 Å². The minimum Gasteiger partial charge on any atom is -1.00 e. The van der Waals surface area contributed by atoms with E-state index >= 15 is 0 Å². The van der Waals surface area contributed by atoms with Crippen molar-refractivity contribution >= 4 is 233 Å². The number of esters is 6. The summed E-state index contributed by atoms with van der Waals surface area (Å²) in [7, 11) is 7.70. The van der Waals surface area contributed by atoms with Crippen LogP contribution >= 0.6 is 136 Å². The van der Waals surface area contributed by atoms with Gasteiger partial charge in [-0.25, -0.2) is 53.5 Å². The molecule has 48 heteroatoms. The fourth-order valence-electron chi connectivity index (χ4n) is 6.82. The van der Waals surface area contributed by atoms with Crippen molar-refractivity contribution in [3.8, 4) is 17.2 Å². The van der Waals surface area contributed by atoms with Gasteiger partial charge < -0.3 is 80.2 Å². The van der Waals surface area contributed by atoms with Crippen LogP contribution in [0.15, 0.2) is 89.2 Å². The topological polar surface area (TPSA) is 520 Å². The summed E-state index contributed by atoms with van der Waals surface area (Å²) in [4.78, 5) is 165. The van der Waals surface area contributed by atoms with E-state index in [-0.39, 0.29) is 189 Å². The number of ether oxygens (including phenoxy) is 8. The number of aromatic amines is 2. The predicted octanol–water partition coefficient (Wildman–Crippen LogP) is 5.71. The number of alkyl halides is 3. The number of thiophene rings is 3. The molecule has 0 radical (unpaired) electrons. The number of ketones is 2. The van der Waals surface area contributed by atoms with Gasteiger partial charge in [0.15, 0.2) is 44.3 Å². The van der Waals surface area contributed by atoms with Crippen LogP contribution in [-0.2, 0) is 61.8 Å². The van der Waals surface area contributed by atoms with Crippen molar-refractivity contribution in [3.63, 3.8) is 0 Å². The number of rotatable bonds is 15. The average Bonchev–Trinajstić information content (AvgIpc) is 1.65. The number of pyridine rings is 6. The summed E-state index contributed by atoms with van der Waals surface area (Å²) in [6, 6.07) is 11.5. The van der Waals surface area contributed by atoms with Gasteiger partial charge in [-0.1, -0.05) is 27.5 Å². The number of nitrogens with one attached hydrogen (secondary N) is 2. The maximum absolute atomic E-state index is 11.7. The number of aryl methyl sites for hydroxylation is 5. The molecular formula is C65H72BrCl6K2N6O28PS4. The van der Waals surface area contributed by atoms with Crippen molar-refractivity contribution in [1.82, 2.24) is 29.9 Å². The van der Waals surface area contributed by atoms with Gasteiger partial charge in [-0.3, -0.25) is 33.3 Å². The van der Waals surface area contributed by atoms with Crippen molar-refractivity contribution in [1.29, 1.82) is 0 Å². The van der Waals surface area contributed by atoms with E-state index in [9.17, 15) is 67.2 Å². The van der Waals surface area contributed by atoms with Crippen LogP contribution in [-0.4, -0.2) is 189 Å². The Morgan fingerprint density at radius 2 is 0.956 bits per heavy atom. The summed E-state index contributed by atoms with van der Waals surface area (Å²) in [5.74, 6) is -4.70. The molecule has 0 unspecified atom stereocenters. The number of methoxy groups -OCH3 is 6. The minimum atomic E-state index is -3.22. The first-order valence-electron chi connectivity index (χ1n) is 29.3. The fourth-order valence-corrected chi connectivity index (χ4v) is 9.96. The van der Waals surface area contributed by atoms with E-state index in [1.54, 1.807) is 56.0 Å². The molecule has 0 aliphatic heterocycles. The molecule has 113 heavy (non-hydrogen) atoms. The summed E-state index contributed by atoms with van der Waals surface area (Å²) in [5, 5.41) is 35.3. The first-order chi connectivity index (χ1) is 51.6. The van der Waals surface area contributed by atoms with Crippen LogP contribution in [0.2, 0.25) is 5.15 Å². The van der Waals surface area contributed by atoms with Crippen molar-refractivity contribution < 1.29 is 230 Å². The molecule has 7 N–H and O–H groups in total. The molecule has 0 saturated carbocycles. The predicted molar refractivity (Wildman–Crippen MR) is 425 cm³/mol. The number of fused-ring (bicyclic) bond motifs is 3. The zero-order chi connectivity index (χ0) is 84.7. The number of nitrogens with zero attached hydrogens (tertiary/aromatic N) is 4. The van der Waals surface area contributed by atoms with E-state index in [2.05, 4.69) is 121 Å². The first kappa shape index (κ1) is 116. The van der Waals surface area contributed by atoms with Gasteiger partial charge >= 0.3 is 156 Å². The van der Waals surface area contributed by atoms with Gasteiger partial charge in [0.1, 0.15) is 43.2 Å². The largest absolute Gasteiger partial charge is 1.00 e. The number of Topliss-reactive ketones (excluding diaryl/α,β-unsaturated/α-hetero) is 2. The molecule has 610 valence electrons. The Morgan fingerprint density at radius 3 is 1.35 bits per heavy atom. The molecule has 0 aromatic carbocycles. The third kappa shape index (κ3) is 46.8. The Labute approximate surface area is 785 Å². The van der Waals surface area contributed by atoms with Gasteiger partial charge in [0.05, 0.1) is 80.8 Å². The molecule has 9 rings (SSSR count). The number of carboxylic acid groups (broad SMARTS) is 2. The molecule has 9 heterocycles. The molecule has 0 atom stereocenters. The van der Waals surface area contributed by atoms with Crippen molar-refractivity contribution in [2.75, 3.05) is 72.3 Å². The Balaban J connectivity index is -0.000000291. The molecule has 0 aliphatic rings. The number of carbonyl (C=O) groups is 11. The number of aromatic carboxylic acids is 1. The zero-order valence-electron chi connectivity index (χ0n) is 63.3. The van der Waals surface area contributed by atoms with Crippen LogP contribution in [0.4, 0.5) is 0 Å². The third-order valence-electron chi connectivity index (χ3n) is 11.3. The maximum Gasteiger partial charge on any atom is 1.00 e. The maximum atomic E-state index is 11.7. The number of hydrogen-bond acceptors (Lipinski definition) is 33. The van der Waals surface area contributed by atoms with Crippen molar-refractivity contribution in [2.45, 2.75) is 48.5 Å². The van der Waals surface area contributed by atoms with Gasteiger partial charge in [-0.2, -0.15) is 12.6 Å². The van der Waals surface area contributed by atoms with Gasteiger partial charge in [0.25, 0.3) is 17.6 Å². The van der Waals surface area contributed by atoms with Crippen LogP contribution in [0.3, 0.4) is 0 Å². The number of carboxylic acids is 2. The molecule has 0 spiro atoms. The second-order valence-electron chi connectivity index (χ2n) is 19.8. The SMILES string of the molecule is CC(=O)CBr.COC(=O)CS.COC(=O)c1cc(C)c[nH]c1=O.COC(=O)c1cc(C)cnc1Cl.COC(=O)c1ccc[nH]c1=O.COC(=O)c1sc2ncc(C)cc2c1O.COC(=O)c1sc2ncc(C)cc2c1OCC(C)=O.Cc1cnc2sc(C(=O)O)c(OCC(=O)O)c2c1.ClCCl.O.O=CO[O-].O=P(Cl)(Cl)Cl.[H-].[K+].[K+]. The monoisotopic (exact) mass is 1910 g/mol. The summed E-state index contributed by atoms with van der Waals surface area (Å²) in [5.41, 5.74) is 3.94. The van der Waals surface area contributed by atoms with Crippen LogP contribution in [0.1, 0.15) is 103 Å². The smallest absolute Gasteiger partial charge is 1.00 e. The number of hydrogen-bond donors (Lipinski definition) is 6. The number of aromatic nitrogens is 6. The molecule has 0 amide bonds. The molecular weight excluding hydrogens is 1840 g/mol. The first-order valence-corrected chi connectivity index (χ1v) is 39.4. The van der Waals surface area contributed by atoms with Gasteiger partial charge in [0.2, 0.25) is 0 Å². The summed E-state index contributed by atoms with van der Waals surface area (Å²) >= 11 is 38.9. The Hall–Kier alpha value is -5.66. The van der Waals surface area contributed by atoms with Crippen LogP contribution in [0.25, 0.3) is 30.6 Å². The summed E-state index contributed by atoms with van der Waals surface area (Å²) in [6.45, 7) is 11.3. The van der Waals surface area contributed by atoms with Gasteiger partial charge in [-0.05, 0) is 152 Å². The molecule has 9 aromatic heterocycles. The standard InChI is InChI=1S/C13H13NO4S.C11H9NO5S.C10H9NO3S.C8H8ClNO2.C8H9NO3.C7H7NO3.C3H5BrO.C3H6O2S.CH2Cl2.CH2O3.Cl3OP.2K.H2O.H/c1-7-4-9-10(18-6-8(2)15)11(13(16)17-3)19-12(9)14-5-7;1-5-2-6-8(17-4-7(13)14)9(11(15)16)18-10(6)12-3-5;1-5-3-6-7(12)8(10(13)14-2)15-9(6)11-4-5;1-5-3-6(8(11)12-2)7(9)10-4-5;1-5-3-6(8(11)12-2)7(10)9-4-5;1-11-7(10)5-3-2-4-8-6(5)9;1-3(5)2-4;1-5-3(4)2-6;2-1-3;2-1-4-3;1-5(2,3)4;;;;/h4-5H,6H2,1-3H3;2-3H,4H2,1H3,(H,13,14)(H,15,16);3-4,12H,1-2H3;3-4H,1-2H3;3-4H,1-2H3,(H,9,10);2-4H,1H3,(H,8,9);2H2,1H3;6H,2H2,1H3;1H2;1,3H;;;;1H2;/q;;;;;;;;;;;2*+1;;-1/p-1. The van der Waals surface area contributed by atoms with Crippen molar-refractivity contribution in [2.24, 2.45) is 0 Å². The molecule has 0 aliphatic carbocycles. The number of halogens is 7. The molecule has 9 aromatic rings. The van der Waals surface area contributed by atoms with Crippen LogP contribution < -0.4 is 129 Å². The number of aliphatic carboxylic acids is 1. The summed E-state index contributed by atoms with van der Waals surface area (Å²) in [6.07, 6.45) is 9.61. The number of aromatic hydroxyl groups is 1. The molecule has 0 saturated heterocycles. The van der Waals surface area contributed by atoms with E-state index in [4.69, 9.17) is 69.3 Å². The van der Waals surface area contributed by atoms with E-state index in [1.807, 2.05) is 33.8 Å². The van der Waals surface area contributed by atoms with E-state index in [0.29, 0.717) is 46.8 Å². The van der Waals surface area contributed by atoms with Crippen molar-refractivity contribution in [3.05, 3.63) is 165 Å². The Morgan fingerprint density at radius 1 is 0.593 bits per heavy atom. The minimum absolute atomic E-state index is 0. The number of H-pyrrole nitrogens is 2. The van der Waals surface area contributed by atoms with Gasteiger partial charge in [0, 0.05) is 37.2 Å². The number of carbonyl (C=O) groups excluding carboxylic acids is 9. The van der Waals surface area contributed by atoms with E-state index in [1.165, 1.54) is 92.4 Å². The quantitative estimate of drug-likeness (QED) is 0.00684. The average molecular weight is 1920 g/mol. The second-order valence-corrected chi connectivity index (χ2v) is 31.5. The van der Waals surface area contributed by atoms with E-state index in [0.717, 1.165) is 55.9 Å². The van der Waals surface area contributed by atoms with Gasteiger partial charge in [-0.15, -0.1) is 57.2 Å². The zero-order valence-corrected chi connectivity index (χ0v) is 78.9. The van der Waals surface area contributed by atoms with E-state index < -0.39 is 64.7 Å². The molecule has 34 nitrogen and oxygen atoms in total. The Kier molecular flexibility index (Phi) is 65.1. The second kappa shape index (κ2) is 63.5. The normalized spacial score (nSPS) is 9.36. The molecule has 0 bridgehead atoms.